The van der Waals surface area contributed by atoms with Gasteiger partial charge in [0.2, 0.25) is 0 Å². The summed E-state index contributed by atoms with van der Waals surface area (Å²) in [4.78, 5) is 2.52. The second-order valence-corrected chi connectivity index (χ2v) is 15.4. The molecule has 2 heteroatoms. The molecule has 0 saturated heterocycles. The van der Waals surface area contributed by atoms with Crippen molar-refractivity contribution >= 4 is 33.2 Å². The third-order valence-corrected chi connectivity index (χ3v) is 12.0. The Kier molecular flexibility index (Phi) is 6.13. The van der Waals surface area contributed by atoms with Crippen molar-refractivity contribution in [3.63, 3.8) is 0 Å². The van der Waals surface area contributed by atoms with Crippen LogP contribution in [0.25, 0.3) is 38.6 Å². The maximum atomic E-state index is 2.52. The fraction of sp³-hybridized carbons (Fsp3) is 0.167. The van der Waals surface area contributed by atoms with Crippen LogP contribution >= 0.6 is 0 Å². The third-order valence-electron chi connectivity index (χ3n) is 12.0. The standard InChI is InChI=1S/C48H40N2/c1-47(2)41-19-11-8-16-35(41)37-25-22-33(29-43(37)47)49(34-23-26-38-36-17-9-12-20-42(36)48(3,4)44(38)30-34)32-24-27-46-40(28-32)39-18-10-13-21-45(39)50(46)31-14-6-5-7-15-31/h5-25,27-30,38H,26H2,1-4H3. The van der Waals surface area contributed by atoms with Crippen LogP contribution in [0.4, 0.5) is 11.4 Å². The van der Waals surface area contributed by atoms with Crippen LogP contribution in [-0.2, 0) is 10.8 Å². The lowest BCUT2D eigenvalue weighted by Gasteiger charge is -2.33. The molecule has 1 unspecified atom stereocenters. The summed E-state index contributed by atoms with van der Waals surface area (Å²) >= 11 is 0. The van der Waals surface area contributed by atoms with Gasteiger partial charge in [-0.25, -0.2) is 0 Å². The number of hydrogen-bond donors (Lipinski definition) is 0. The van der Waals surface area contributed by atoms with Gasteiger partial charge in [0.25, 0.3) is 0 Å². The molecule has 1 atom stereocenters. The lowest BCUT2D eigenvalue weighted by molar-refractivity contribution is 0.609. The average molecular weight is 645 g/mol. The van der Waals surface area contributed by atoms with Crippen LogP contribution in [0.2, 0.25) is 0 Å². The number of benzene rings is 6. The molecule has 242 valence electrons. The van der Waals surface area contributed by atoms with Gasteiger partial charge in [-0.05, 0) is 94.4 Å². The van der Waals surface area contributed by atoms with E-state index in [2.05, 4.69) is 189 Å². The Morgan fingerprint density at radius 1 is 0.560 bits per heavy atom. The van der Waals surface area contributed by atoms with Crippen molar-refractivity contribution in [2.24, 2.45) is 0 Å². The van der Waals surface area contributed by atoms with Crippen molar-refractivity contribution in [1.29, 1.82) is 0 Å². The van der Waals surface area contributed by atoms with Gasteiger partial charge in [0.05, 0.1) is 11.0 Å². The second-order valence-electron chi connectivity index (χ2n) is 15.4. The van der Waals surface area contributed by atoms with Gasteiger partial charge < -0.3 is 9.47 Å². The molecular formula is C48H40N2. The number of para-hydroxylation sites is 2. The smallest absolute Gasteiger partial charge is 0.0542 e. The molecular weight excluding hydrogens is 605 g/mol. The van der Waals surface area contributed by atoms with Gasteiger partial charge in [-0.1, -0.05) is 130 Å². The summed E-state index contributed by atoms with van der Waals surface area (Å²) in [6.07, 6.45) is 5.99. The van der Waals surface area contributed by atoms with Gasteiger partial charge in [-0.15, -0.1) is 0 Å². The van der Waals surface area contributed by atoms with Crippen molar-refractivity contribution in [1.82, 2.24) is 4.57 Å². The van der Waals surface area contributed by atoms with Gasteiger partial charge in [0, 0.05) is 50.3 Å². The highest BCUT2D eigenvalue weighted by Crippen LogP contribution is 2.55. The minimum Gasteiger partial charge on any atom is -0.311 e. The summed E-state index contributed by atoms with van der Waals surface area (Å²) in [5.41, 5.74) is 17.1. The number of allylic oxidation sites excluding steroid dienone is 3. The van der Waals surface area contributed by atoms with E-state index < -0.39 is 0 Å². The van der Waals surface area contributed by atoms with E-state index in [0.29, 0.717) is 5.92 Å². The van der Waals surface area contributed by atoms with E-state index in [1.807, 2.05) is 0 Å². The molecule has 2 nitrogen and oxygen atoms in total. The van der Waals surface area contributed by atoms with Crippen LogP contribution in [0, 0.1) is 0 Å². The molecule has 50 heavy (non-hydrogen) atoms. The molecule has 7 aromatic rings. The Morgan fingerprint density at radius 2 is 1.22 bits per heavy atom. The molecule has 0 saturated carbocycles. The van der Waals surface area contributed by atoms with E-state index in [4.69, 9.17) is 0 Å². The molecule has 0 spiro atoms. The minimum atomic E-state index is -0.0831. The summed E-state index contributed by atoms with van der Waals surface area (Å²) in [6, 6.07) is 51.8. The van der Waals surface area contributed by atoms with Crippen molar-refractivity contribution in [3.05, 3.63) is 185 Å². The zero-order chi connectivity index (χ0) is 33.8. The summed E-state index contributed by atoms with van der Waals surface area (Å²) in [5, 5.41) is 2.53. The molecule has 0 fully saturated rings. The second kappa shape index (κ2) is 10.5. The summed E-state index contributed by atoms with van der Waals surface area (Å²) in [6.45, 7) is 9.57. The van der Waals surface area contributed by atoms with Gasteiger partial charge in [0.1, 0.15) is 0 Å². The first kappa shape index (κ1) is 29.3. The first-order valence-electron chi connectivity index (χ1n) is 18.0. The number of fused-ring (bicyclic) bond motifs is 9. The molecule has 10 rings (SSSR count). The molecule has 0 amide bonds. The van der Waals surface area contributed by atoms with E-state index >= 15 is 0 Å². The van der Waals surface area contributed by atoms with Gasteiger partial charge in [0.15, 0.2) is 0 Å². The maximum Gasteiger partial charge on any atom is 0.0542 e. The summed E-state index contributed by atoms with van der Waals surface area (Å²) in [5.74, 6) is 0.423. The van der Waals surface area contributed by atoms with E-state index in [0.717, 1.165) is 6.42 Å². The van der Waals surface area contributed by atoms with Crippen molar-refractivity contribution in [2.45, 2.75) is 50.9 Å². The Morgan fingerprint density at radius 3 is 2.08 bits per heavy atom. The van der Waals surface area contributed by atoms with E-state index in [1.54, 1.807) is 0 Å². The van der Waals surface area contributed by atoms with Gasteiger partial charge in [-0.3, -0.25) is 0 Å². The van der Waals surface area contributed by atoms with Crippen molar-refractivity contribution in [2.75, 3.05) is 4.90 Å². The third kappa shape index (κ3) is 4.02. The fourth-order valence-corrected chi connectivity index (χ4v) is 9.51. The van der Waals surface area contributed by atoms with E-state index in [9.17, 15) is 0 Å². The van der Waals surface area contributed by atoms with Crippen LogP contribution in [0.15, 0.2) is 163 Å². The van der Waals surface area contributed by atoms with Crippen LogP contribution in [0.5, 0.6) is 0 Å². The predicted octanol–water partition coefficient (Wildman–Crippen LogP) is 12.5. The molecule has 0 bridgehead atoms. The molecule has 1 aromatic heterocycles. The van der Waals surface area contributed by atoms with Crippen LogP contribution < -0.4 is 4.90 Å². The van der Waals surface area contributed by atoms with Crippen molar-refractivity contribution < 1.29 is 0 Å². The zero-order valence-electron chi connectivity index (χ0n) is 29.1. The number of aromatic nitrogens is 1. The lowest BCUT2D eigenvalue weighted by atomic mass is 9.78. The highest BCUT2D eigenvalue weighted by Gasteiger charge is 2.43. The quantitative estimate of drug-likeness (QED) is 0.185. The van der Waals surface area contributed by atoms with E-state index in [-0.39, 0.29) is 10.8 Å². The van der Waals surface area contributed by atoms with E-state index in [1.165, 1.54) is 83.5 Å². The molecule has 0 aliphatic heterocycles. The first-order chi connectivity index (χ1) is 24.3. The number of rotatable bonds is 4. The van der Waals surface area contributed by atoms with Gasteiger partial charge >= 0.3 is 0 Å². The molecule has 3 aliphatic rings. The Bertz CT molecular complexity index is 2580. The molecule has 3 aliphatic carbocycles. The topological polar surface area (TPSA) is 8.17 Å². The van der Waals surface area contributed by atoms with Gasteiger partial charge in [-0.2, -0.15) is 0 Å². The Hall–Kier alpha value is -5.60. The largest absolute Gasteiger partial charge is 0.311 e. The number of hydrogen-bond acceptors (Lipinski definition) is 1. The zero-order valence-corrected chi connectivity index (χ0v) is 29.1. The SMILES string of the molecule is CC1(C)C2=CC(N(c3ccc4c(c3)C(C)(C)c3ccccc3-4)c3ccc4c(c3)c3ccccc3n4-c3ccccc3)=CCC2c2ccccc21. The normalized spacial score (nSPS) is 17.9. The first-order valence-corrected chi connectivity index (χ1v) is 18.0. The van der Waals surface area contributed by atoms with Crippen LogP contribution in [-0.4, -0.2) is 4.57 Å². The monoisotopic (exact) mass is 644 g/mol. The lowest BCUT2D eigenvalue weighted by Crippen LogP contribution is -2.23. The summed E-state index contributed by atoms with van der Waals surface area (Å²) < 4.78 is 2.40. The maximum absolute atomic E-state index is 2.52. The summed E-state index contributed by atoms with van der Waals surface area (Å²) in [7, 11) is 0. The highest BCUT2D eigenvalue weighted by molar-refractivity contribution is 6.10. The number of anilines is 2. The molecule has 6 aromatic carbocycles. The predicted molar refractivity (Wildman–Crippen MR) is 210 cm³/mol. The number of nitrogens with zero attached hydrogens (tertiary/aromatic N) is 2. The van der Waals surface area contributed by atoms with Crippen LogP contribution in [0.1, 0.15) is 62.3 Å². The molecule has 1 heterocycles. The molecule has 0 N–H and O–H groups in total. The average Bonchev–Trinajstić information content (AvgIpc) is 3.69. The Balaban J connectivity index is 1.19. The minimum absolute atomic E-state index is 0.0267. The van der Waals surface area contributed by atoms with Crippen LogP contribution in [0.3, 0.4) is 0 Å². The van der Waals surface area contributed by atoms with Crippen molar-refractivity contribution in [3.8, 4) is 16.8 Å². The fourth-order valence-electron chi connectivity index (χ4n) is 9.51. The molecule has 0 radical (unpaired) electrons. The Labute approximate surface area is 294 Å². The highest BCUT2D eigenvalue weighted by atomic mass is 15.1.